The average molecular weight is 434 g/mol. The minimum Gasteiger partial charge on any atom is -0.350 e. The number of likely N-dealkylation sites (N-methyl/N-ethyl adjacent to an activating group) is 1. The zero-order valence-electron chi connectivity index (χ0n) is 16.5. The number of aryl methyl sites for hydroxylation is 1. The summed E-state index contributed by atoms with van der Waals surface area (Å²) in [5, 5.41) is 15.1. The molecule has 0 radical (unpaired) electrons. The molecule has 0 saturated carbocycles. The molecule has 1 unspecified atom stereocenters. The molecule has 3 rings (SSSR count). The molecule has 8 heteroatoms. The van der Waals surface area contributed by atoms with Gasteiger partial charge in [0.25, 0.3) is 11.6 Å². The highest BCUT2D eigenvalue weighted by atomic mass is 35.5. The number of halogens is 1. The molecule has 1 heterocycles. The van der Waals surface area contributed by atoms with Crippen LogP contribution in [0.4, 0.5) is 5.69 Å². The summed E-state index contributed by atoms with van der Waals surface area (Å²) in [4.78, 5) is 27.2. The number of rotatable bonds is 7. The van der Waals surface area contributed by atoms with Gasteiger partial charge in [-0.1, -0.05) is 36.4 Å². The highest BCUT2D eigenvalue weighted by Crippen LogP contribution is 2.38. The number of nitrogens with zero attached hydrogens (tertiary/aromatic N) is 2. The lowest BCUT2D eigenvalue weighted by atomic mass is 10.1. The molecule has 2 aromatic carbocycles. The summed E-state index contributed by atoms with van der Waals surface area (Å²) in [6, 6.07) is 10.5. The molecular weight excluding hydrogens is 410 g/mol. The molecule has 1 saturated heterocycles. The third-order valence-electron chi connectivity index (χ3n) is 5.13. The largest absolute Gasteiger partial charge is 0.350 e. The number of hydrogen-bond acceptors (Lipinski definition) is 5. The normalized spacial score (nSPS) is 16.7. The van der Waals surface area contributed by atoms with E-state index >= 15 is 0 Å². The van der Waals surface area contributed by atoms with Crippen LogP contribution in [-0.2, 0) is 0 Å². The molecular formula is C21H24ClN3O3S. The quantitative estimate of drug-likeness (QED) is 0.495. The fourth-order valence-electron chi connectivity index (χ4n) is 3.55. The number of likely N-dealkylation sites (tertiary alicyclic amines) is 1. The Hall–Kier alpha value is -2.09. The molecule has 6 nitrogen and oxygen atoms in total. The number of carbonyl (C=O) groups is 1. The van der Waals surface area contributed by atoms with E-state index in [1.54, 1.807) is 12.1 Å². The van der Waals surface area contributed by atoms with Crippen LogP contribution in [0.2, 0.25) is 5.02 Å². The molecule has 29 heavy (non-hydrogen) atoms. The van der Waals surface area contributed by atoms with Gasteiger partial charge in [0.2, 0.25) is 0 Å². The maximum absolute atomic E-state index is 12.6. The molecule has 1 atom stereocenters. The minimum absolute atomic E-state index is 0.102. The molecule has 0 spiro atoms. The van der Waals surface area contributed by atoms with Gasteiger partial charge in [-0.25, -0.2) is 0 Å². The fraction of sp³-hybridized carbons (Fsp3) is 0.381. The first-order chi connectivity index (χ1) is 13.9. The first-order valence-corrected chi connectivity index (χ1v) is 10.8. The third kappa shape index (κ3) is 5.29. The molecule has 0 aromatic heterocycles. The number of nitro groups is 1. The Morgan fingerprint density at radius 2 is 2.07 bits per heavy atom. The Morgan fingerprint density at radius 3 is 2.76 bits per heavy atom. The van der Waals surface area contributed by atoms with E-state index in [1.807, 2.05) is 25.1 Å². The van der Waals surface area contributed by atoms with Crippen LogP contribution in [0.15, 0.2) is 46.2 Å². The number of nitro benzene ring substituents is 1. The second kappa shape index (κ2) is 9.61. The molecule has 1 amide bonds. The van der Waals surface area contributed by atoms with Crippen molar-refractivity contribution in [3.63, 3.8) is 0 Å². The number of carbonyl (C=O) groups excluding carboxylic acids is 1. The van der Waals surface area contributed by atoms with Crippen LogP contribution >= 0.6 is 23.4 Å². The summed E-state index contributed by atoms with van der Waals surface area (Å²) in [5.41, 5.74) is 1.21. The van der Waals surface area contributed by atoms with Gasteiger partial charge in [0.1, 0.15) is 0 Å². The van der Waals surface area contributed by atoms with Crippen molar-refractivity contribution in [1.29, 1.82) is 0 Å². The lowest BCUT2D eigenvalue weighted by Gasteiger charge is -2.22. The van der Waals surface area contributed by atoms with Gasteiger partial charge in [0, 0.05) is 29.1 Å². The monoisotopic (exact) mass is 433 g/mol. The van der Waals surface area contributed by atoms with E-state index in [4.69, 9.17) is 11.6 Å². The van der Waals surface area contributed by atoms with Crippen LogP contribution in [-0.4, -0.2) is 41.4 Å². The van der Waals surface area contributed by atoms with Crippen molar-refractivity contribution in [1.82, 2.24) is 10.2 Å². The molecule has 154 valence electrons. The van der Waals surface area contributed by atoms with E-state index in [1.165, 1.54) is 17.8 Å². The standard InChI is InChI=1S/C21H24ClN3O3S/c1-3-24-10-4-5-16(24)13-23-21(26)15-7-9-20(18(12-15)25(27)28)29-19-8-6-14(2)11-17(19)22/h6-9,11-12,16H,3-5,10,13H2,1-2H3,(H,23,26). The van der Waals surface area contributed by atoms with Gasteiger partial charge in [-0.15, -0.1) is 0 Å². The summed E-state index contributed by atoms with van der Waals surface area (Å²) in [7, 11) is 0. The maximum atomic E-state index is 12.6. The molecule has 1 fully saturated rings. The van der Waals surface area contributed by atoms with Gasteiger partial charge < -0.3 is 5.32 Å². The molecule has 1 aliphatic heterocycles. The first kappa shape index (κ1) is 21.6. The van der Waals surface area contributed by atoms with Crippen molar-refractivity contribution in [2.75, 3.05) is 19.6 Å². The predicted molar refractivity (Wildman–Crippen MR) is 116 cm³/mol. The van der Waals surface area contributed by atoms with Crippen LogP contribution < -0.4 is 5.32 Å². The smallest absolute Gasteiger partial charge is 0.284 e. The Balaban J connectivity index is 1.75. The van der Waals surface area contributed by atoms with Crippen molar-refractivity contribution >= 4 is 35.0 Å². The number of amides is 1. The summed E-state index contributed by atoms with van der Waals surface area (Å²) >= 11 is 7.48. The lowest BCUT2D eigenvalue weighted by Crippen LogP contribution is -2.40. The van der Waals surface area contributed by atoms with Crippen molar-refractivity contribution < 1.29 is 9.72 Å². The van der Waals surface area contributed by atoms with Gasteiger partial charge in [-0.2, -0.15) is 0 Å². The van der Waals surface area contributed by atoms with Crippen LogP contribution in [0.5, 0.6) is 0 Å². The molecule has 1 aliphatic rings. The topological polar surface area (TPSA) is 75.5 Å². The predicted octanol–water partition coefficient (Wildman–Crippen LogP) is 4.92. The molecule has 1 N–H and O–H groups in total. The average Bonchev–Trinajstić information content (AvgIpc) is 3.16. The number of nitrogens with one attached hydrogen (secondary N) is 1. The van der Waals surface area contributed by atoms with Gasteiger partial charge in [0.05, 0.1) is 14.8 Å². The Kier molecular flexibility index (Phi) is 7.16. The lowest BCUT2D eigenvalue weighted by molar-refractivity contribution is -0.387. The minimum atomic E-state index is -0.461. The van der Waals surface area contributed by atoms with Gasteiger partial charge >= 0.3 is 0 Å². The van der Waals surface area contributed by atoms with Gasteiger partial charge in [-0.05, 0) is 62.7 Å². The maximum Gasteiger partial charge on any atom is 0.284 e. The van der Waals surface area contributed by atoms with E-state index in [0.717, 1.165) is 36.4 Å². The second-order valence-corrected chi connectivity index (χ2v) is 8.60. The van der Waals surface area contributed by atoms with Crippen LogP contribution in [0.25, 0.3) is 0 Å². The fourth-order valence-corrected chi connectivity index (χ4v) is 4.80. The van der Waals surface area contributed by atoms with Crippen molar-refractivity contribution in [3.05, 3.63) is 62.7 Å². The molecule has 2 aromatic rings. The summed E-state index contributed by atoms with van der Waals surface area (Å²) < 4.78 is 0. The Bertz CT molecular complexity index is 922. The van der Waals surface area contributed by atoms with Gasteiger partial charge in [-0.3, -0.25) is 19.8 Å². The second-order valence-electron chi connectivity index (χ2n) is 7.11. The summed E-state index contributed by atoms with van der Waals surface area (Å²) in [5.74, 6) is -0.291. The molecule has 0 aliphatic carbocycles. The number of hydrogen-bond donors (Lipinski definition) is 1. The Labute approximate surface area is 179 Å². The molecule has 0 bridgehead atoms. The summed E-state index contributed by atoms with van der Waals surface area (Å²) in [6.07, 6.45) is 2.19. The SMILES string of the molecule is CCN1CCCC1CNC(=O)c1ccc(Sc2ccc(C)cc2Cl)c([N+](=O)[O-])c1. The Morgan fingerprint density at radius 1 is 1.31 bits per heavy atom. The highest BCUT2D eigenvalue weighted by molar-refractivity contribution is 7.99. The van der Waals surface area contributed by atoms with E-state index in [9.17, 15) is 14.9 Å². The van der Waals surface area contributed by atoms with Crippen molar-refractivity contribution in [2.24, 2.45) is 0 Å². The first-order valence-electron chi connectivity index (χ1n) is 9.63. The van der Waals surface area contributed by atoms with Crippen LogP contribution in [0.1, 0.15) is 35.7 Å². The van der Waals surface area contributed by atoms with Crippen molar-refractivity contribution in [3.8, 4) is 0 Å². The van der Waals surface area contributed by atoms with E-state index in [2.05, 4.69) is 17.1 Å². The zero-order chi connectivity index (χ0) is 21.0. The van der Waals surface area contributed by atoms with E-state index in [-0.39, 0.29) is 17.2 Å². The van der Waals surface area contributed by atoms with Gasteiger partial charge in [0.15, 0.2) is 0 Å². The van der Waals surface area contributed by atoms with E-state index in [0.29, 0.717) is 22.5 Å². The third-order valence-corrected chi connectivity index (χ3v) is 6.69. The van der Waals surface area contributed by atoms with E-state index < -0.39 is 4.92 Å². The highest BCUT2D eigenvalue weighted by Gasteiger charge is 2.24. The van der Waals surface area contributed by atoms with Crippen LogP contribution in [0.3, 0.4) is 0 Å². The summed E-state index contributed by atoms with van der Waals surface area (Å²) in [6.45, 7) is 6.60. The zero-order valence-corrected chi connectivity index (χ0v) is 18.1. The van der Waals surface area contributed by atoms with Crippen LogP contribution in [0, 0.1) is 17.0 Å². The van der Waals surface area contributed by atoms with Crippen molar-refractivity contribution in [2.45, 2.75) is 42.5 Å². The number of benzene rings is 2.